The van der Waals surface area contributed by atoms with Gasteiger partial charge in [-0.15, -0.1) is 0 Å². The highest BCUT2D eigenvalue weighted by atomic mass is 19.3. The van der Waals surface area contributed by atoms with E-state index in [4.69, 9.17) is 4.74 Å². The van der Waals surface area contributed by atoms with Crippen LogP contribution in [-0.4, -0.2) is 37.7 Å². The Labute approximate surface area is 90.9 Å². The number of methoxy groups -OCH3 is 1. The maximum absolute atomic E-state index is 12.5. The lowest BCUT2D eigenvalue weighted by molar-refractivity contribution is 0.0629. The monoisotopic (exact) mass is 221 g/mol. The van der Waals surface area contributed by atoms with Gasteiger partial charge in [-0.2, -0.15) is 8.78 Å². The summed E-state index contributed by atoms with van der Waals surface area (Å²) in [6, 6.07) is -0.255. The van der Waals surface area contributed by atoms with Crippen LogP contribution in [0.2, 0.25) is 0 Å². The van der Waals surface area contributed by atoms with Crippen molar-refractivity contribution in [3.05, 3.63) is 11.7 Å². The summed E-state index contributed by atoms with van der Waals surface area (Å²) in [5.74, 6) is 0. The SMILES string of the molecule is CC.COC(C)C1C(=C(F)F)CCN1C. The Hall–Kier alpha value is -0.480. The number of ether oxygens (including phenoxy) is 1. The first kappa shape index (κ1) is 14.5. The normalized spacial score (nSPS) is 23.4. The van der Waals surface area contributed by atoms with Gasteiger partial charge >= 0.3 is 0 Å². The Kier molecular flexibility index (Phi) is 6.68. The van der Waals surface area contributed by atoms with Gasteiger partial charge in [0.05, 0.1) is 12.1 Å². The van der Waals surface area contributed by atoms with Gasteiger partial charge in [-0.3, -0.25) is 4.90 Å². The molecule has 0 saturated carbocycles. The molecule has 0 aromatic carbocycles. The molecule has 0 amide bonds. The molecule has 1 saturated heterocycles. The van der Waals surface area contributed by atoms with Crippen molar-refractivity contribution in [3.63, 3.8) is 0 Å². The zero-order valence-electron chi connectivity index (χ0n) is 10.2. The lowest BCUT2D eigenvalue weighted by Crippen LogP contribution is -2.36. The maximum Gasteiger partial charge on any atom is 0.271 e. The largest absolute Gasteiger partial charge is 0.380 e. The number of halogens is 2. The summed E-state index contributed by atoms with van der Waals surface area (Å²) in [6.07, 6.45) is -1.26. The summed E-state index contributed by atoms with van der Waals surface area (Å²) in [6.45, 7) is 6.50. The molecule has 1 fully saturated rings. The Morgan fingerprint density at radius 1 is 1.47 bits per heavy atom. The summed E-state index contributed by atoms with van der Waals surface area (Å²) in [4.78, 5) is 1.91. The molecule has 0 N–H and O–H groups in total. The predicted octanol–water partition coefficient (Wildman–Crippen LogP) is 2.90. The first-order valence-electron chi connectivity index (χ1n) is 5.35. The second-order valence-electron chi connectivity index (χ2n) is 3.40. The smallest absolute Gasteiger partial charge is 0.271 e. The fourth-order valence-corrected chi connectivity index (χ4v) is 1.83. The quantitative estimate of drug-likeness (QED) is 0.711. The second-order valence-corrected chi connectivity index (χ2v) is 3.40. The molecule has 2 atom stereocenters. The highest BCUT2D eigenvalue weighted by molar-refractivity contribution is 5.18. The summed E-state index contributed by atoms with van der Waals surface area (Å²) in [7, 11) is 3.39. The molecule has 2 nitrogen and oxygen atoms in total. The zero-order valence-corrected chi connectivity index (χ0v) is 10.2. The van der Waals surface area contributed by atoms with E-state index in [0.29, 0.717) is 13.0 Å². The number of rotatable bonds is 2. The van der Waals surface area contributed by atoms with E-state index in [0.717, 1.165) is 0 Å². The zero-order chi connectivity index (χ0) is 12.0. The molecule has 2 unspecified atom stereocenters. The predicted molar refractivity (Wildman–Crippen MR) is 58.1 cm³/mol. The third-order valence-electron chi connectivity index (χ3n) is 2.62. The number of likely N-dealkylation sites (tertiary alicyclic amines) is 1. The fraction of sp³-hybridized carbons (Fsp3) is 0.818. The van der Waals surface area contributed by atoms with E-state index in [2.05, 4.69) is 0 Å². The maximum atomic E-state index is 12.5. The lowest BCUT2D eigenvalue weighted by Gasteiger charge is -2.25. The molecule has 0 radical (unpaired) electrons. The van der Waals surface area contributed by atoms with Crippen LogP contribution in [0.4, 0.5) is 8.78 Å². The van der Waals surface area contributed by atoms with Gasteiger partial charge in [-0.25, -0.2) is 0 Å². The van der Waals surface area contributed by atoms with E-state index in [-0.39, 0.29) is 17.7 Å². The van der Waals surface area contributed by atoms with Gasteiger partial charge in [0.25, 0.3) is 6.08 Å². The summed E-state index contributed by atoms with van der Waals surface area (Å²) >= 11 is 0. The fourth-order valence-electron chi connectivity index (χ4n) is 1.83. The summed E-state index contributed by atoms with van der Waals surface area (Å²) < 4.78 is 30.0. The molecule has 0 spiro atoms. The van der Waals surface area contributed by atoms with Gasteiger partial charge in [-0.1, -0.05) is 13.8 Å². The van der Waals surface area contributed by atoms with Gasteiger partial charge in [0.2, 0.25) is 0 Å². The summed E-state index contributed by atoms with van der Waals surface area (Å²) in [5, 5.41) is 0. The highest BCUT2D eigenvalue weighted by Gasteiger charge is 2.33. The average molecular weight is 221 g/mol. The minimum absolute atomic E-state index is 0.177. The van der Waals surface area contributed by atoms with Crippen molar-refractivity contribution < 1.29 is 13.5 Å². The first-order valence-corrected chi connectivity index (χ1v) is 5.35. The van der Waals surface area contributed by atoms with Gasteiger partial charge in [0.1, 0.15) is 0 Å². The second kappa shape index (κ2) is 6.90. The van der Waals surface area contributed by atoms with Crippen LogP contribution in [0.5, 0.6) is 0 Å². The molecule has 1 aliphatic rings. The van der Waals surface area contributed by atoms with Gasteiger partial charge < -0.3 is 4.74 Å². The lowest BCUT2D eigenvalue weighted by atomic mass is 10.1. The van der Waals surface area contributed by atoms with Crippen molar-refractivity contribution in [1.82, 2.24) is 4.90 Å². The first-order chi connectivity index (χ1) is 7.07. The minimum atomic E-state index is -1.54. The third kappa shape index (κ3) is 3.54. The van der Waals surface area contributed by atoms with Crippen LogP contribution in [0.1, 0.15) is 27.2 Å². The van der Waals surface area contributed by atoms with E-state index >= 15 is 0 Å². The van der Waals surface area contributed by atoms with Crippen molar-refractivity contribution in [3.8, 4) is 0 Å². The molecule has 15 heavy (non-hydrogen) atoms. The van der Waals surface area contributed by atoms with Gasteiger partial charge in [0, 0.05) is 19.2 Å². The van der Waals surface area contributed by atoms with Crippen LogP contribution < -0.4 is 0 Å². The molecule has 1 heterocycles. The Bertz CT molecular complexity index is 215. The van der Waals surface area contributed by atoms with E-state index < -0.39 is 6.08 Å². The molecule has 4 heteroatoms. The van der Waals surface area contributed by atoms with Gasteiger partial charge in [-0.05, 0) is 20.4 Å². The van der Waals surface area contributed by atoms with E-state index in [1.807, 2.05) is 32.7 Å². The molecule has 0 aliphatic carbocycles. The topological polar surface area (TPSA) is 12.5 Å². The molecule has 90 valence electrons. The number of hydrogen-bond acceptors (Lipinski definition) is 2. The molecule has 0 aromatic rings. The van der Waals surface area contributed by atoms with E-state index in [9.17, 15) is 8.78 Å². The van der Waals surface area contributed by atoms with Crippen LogP contribution >= 0.6 is 0 Å². The van der Waals surface area contributed by atoms with Crippen molar-refractivity contribution in [2.75, 3.05) is 20.7 Å². The average Bonchev–Trinajstić information content (AvgIpc) is 2.62. The highest BCUT2D eigenvalue weighted by Crippen LogP contribution is 2.29. The Balaban J connectivity index is 0.000000921. The standard InChI is InChI=1S/C9H15F2NO.C2H6/c1-6(13-3)8-7(9(10)11)4-5-12(8)2;1-2/h6,8H,4-5H2,1-3H3;1-2H3. The van der Waals surface area contributed by atoms with E-state index in [1.54, 1.807) is 7.11 Å². The molecular formula is C11H21F2NO. The third-order valence-corrected chi connectivity index (χ3v) is 2.62. The van der Waals surface area contributed by atoms with Crippen LogP contribution in [0.3, 0.4) is 0 Å². The molecular weight excluding hydrogens is 200 g/mol. The number of nitrogens with zero attached hydrogens (tertiary/aromatic N) is 1. The molecule has 1 rings (SSSR count). The summed E-state index contributed by atoms with van der Waals surface area (Å²) in [5.41, 5.74) is 0.233. The Morgan fingerprint density at radius 3 is 2.40 bits per heavy atom. The number of likely N-dealkylation sites (N-methyl/N-ethyl adjacent to an activating group) is 1. The van der Waals surface area contributed by atoms with Crippen molar-refractivity contribution in [2.24, 2.45) is 0 Å². The molecule has 1 aliphatic heterocycles. The van der Waals surface area contributed by atoms with Crippen molar-refractivity contribution in [1.29, 1.82) is 0 Å². The van der Waals surface area contributed by atoms with Gasteiger partial charge in [0.15, 0.2) is 0 Å². The van der Waals surface area contributed by atoms with Crippen LogP contribution in [0.25, 0.3) is 0 Å². The molecule has 0 aromatic heterocycles. The van der Waals surface area contributed by atoms with Crippen LogP contribution in [0.15, 0.2) is 11.7 Å². The number of hydrogen-bond donors (Lipinski definition) is 0. The van der Waals surface area contributed by atoms with Crippen molar-refractivity contribution in [2.45, 2.75) is 39.3 Å². The molecule has 0 bridgehead atoms. The Morgan fingerprint density at radius 2 is 2.00 bits per heavy atom. The van der Waals surface area contributed by atoms with Crippen molar-refractivity contribution >= 4 is 0 Å². The van der Waals surface area contributed by atoms with E-state index in [1.165, 1.54) is 0 Å². The van der Waals surface area contributed by atoms with Crippen LogP contribution in [-0.2, 0) is 4.74 Å². The van der Waals surface area contributed by atoms with Crippen LogP contribution in [0, 0.1) is 0 Å². The minimum Gasteiger partial charge on any atom is -0.380 e.